The summed E-state index contributed by atoms with van der Waals surface area (Å²) in [7, 11) is 0. The highest BCUT2D eigenvalue weighted by molar-refractivity contribution is 5.56. The summed E-state index contributed by atoms with van der Waals surface area (Å²) in [5, 5.41) is 0. The molecule has 1 aromatic carbocycles. The predicted molar refractivity (Wildman–Crippen MR) is 90.6 cm³/mol. The molecule has 0 aromatic heterocycles. The van der Waals surface area contributed by atoms with Crippen molar-refractivity contribution < 1.29 is 0 Å². The van der Waals surface area contributed by atoms with Gasteiger partial charge in [-0.05, 0) is 49.3 Å². The molecule has 2 aliphatic rings. The van der Waals surface area contributed by atoms with Crippen LogP contribution in [0.4, 0.5) is 11.4 Å². The molecule has 21 heavy (non-hydrogen) atoms. The van der Waals surface area contributed by atoms with Crippen LogP contribution < -0.4 is 10.6 Å². The maximum Gasteiger partial charge on any atom is 0.0387 e. The Morgan fingerprint density at radius 2 is 1.76 bits per heavy atom. The minimum atomic E-state index is 0.819. The largest absolute Gasteiger partial charge is 0.399 e. The van der Waals surface area contributed by atoms with Gasteiger partial charge in [0.1, 0.15) is 0 Å². The van der Waals surface area contributed by atoms with Crippen LogP contribution in [0.2, 0.25) is 0 Å². The van der Waals surface area contributed by atoms with Crippen molar-refractivity contribution in [3.63, 3.8) is 0 Å². The topological polar surface area (TPSA) is 32.5 Å². The van der Waals surface area contributed by atoms with E-state index in [1.54, 1.807) is 0 Å². The Morgan fingerprint density at radius 3 is 2.43 bits per heavy atom. The highest BCUT2D eigenvalue weighted by Crippen LogP contribution is 2.32. The zero-order chi connectivity index (χ0) is 14.8. The normalized spacial score (nSPS) is 31.3. The van der Waals surface area contributed by atoms with Crippen molar-refractivity contribution in [2.24, 2.45) is 11.8 Å². The molecular weight excluding hydrogens is 258 g/mol. The zero-order valence-electron chi connectivity index (χ0n) is 13.5. The molecular formula is C18H29N3. The van der Waals surface area contributed by atoms with Crippen molar-refractivity contribution in [3.8, 4) is 0 Å². The van der Waals surface area contributed by atoms with Crippen LogP contribution in [0.15, 0.2) is 24.3 Å². The maximum absolute atomic E-state index is 5.90. The second kappa shape index (κ2) is 6.27. The zero-order valence-corrected chi connectivity index (χ0v) is 13.5. The first-order valence-electron chi connectivity index (χ1n) is 8.48. The van der Waals surface area contributed by atoms with E-state index in [9.17, 15) is 0 Å². The summed E-state index contributed by atoms with van der Waals surface area (Å²) in [5.74, 6) is 1.80. The molecule has 1 aliphatic heterocycles. The molecule has 1 saturated carbocycles. The number of nitrogens with zero attached hydrogens (tertiary/aromatic N) is 2. The fourth-order valence-corrected chi connectivity index (χ4v) is 3.92. The van der Waals surface area contributed by atoms with Gasteiger partial charge in [0, 0.05) is 43.6 Å². The minimum absolute atomic E-state index is 0.819. The van der Waals surface area contributed by atoms with Crippen molar-refractivity contribution in [3.05, 3.63) is 24.3 Å². The van der Waals surface area contributed by atoms with Crippen LogP contribution in [-0.2, 0) is 0 Å². The van der Waals surface area contributed by atoms with Crippen LogP contribution in [0.1, 0.15) is 33.1 Å². The quantitative estimate of drug-likeness (QED) is 0.848. The van der Waals surface area contributed by atoms with E-state index in [1.807, 2.05) is 6.07 Å². The molecule has 3 nitrogen and oxygen atoms in total. The lowest BCUT2D eigenvalue weighted by Crippen LogP contribution is -2.51. The summed E-state index contributed by atoms with van der Waals surface area (Å²) in [5.41, 5.74) is 8.04. The predicted octanol–water partition coefficient (Wildman–Crippen LogP) is 3.22. The van der Waals surface area contributed by atoms with Gasteiger partial charge in [-0.1, -0.05) is 19.9 Å². The Hall–Kier alpha value is -1.22. The van der Waals surface area contributed by atoms with Crippen molar-refractivity contribution in [2.45, 2.75) is 39.2 Å². The van der Waals surface area contributed by atoms with Crippen LogP contribution >= 0.6 is 0 Å². The van der Waals surface area contributed by atoms with Gasteiger partial charge < -0.3 is 10.6 Å². The molecule has 0 amide bonds. The molecule has 1 heterocycles. The summed E-state index contributed by atoms with van der Waals surface area (Å²) < 4.78 is 0. The molecule has 1 aromatic rings. The number of nitrogens with two attached hydrogens (primary N) is 1. The second-order valence-corrected chi connectivity index (χ2v) is 7.04. The Labute approximate surface area is 129 Å². The van der Waals surface area contributed by atoms with E-state index < -0.39 is 0 Å². The molecule has 3 atom stereocenters. The van der Waals surface area contributed by atoms with E-state index in [0.717, 1.165) is 36.7 Å². The van der Waals surface area contributed by atoms with E-state index >= 15 is 0 Å². The van der Waals surface area contributed by atoms with Crippen LogP contribution in [0.5, 0.6) is 0 Å². The molecule has 0 bridgehead atoms. The van der Waals surface area contributed by atoms with E-state index in [2.05, 4.69) is 41.8 Å². The van der Waals surface area contributed by atoms with E-state index in [1.165, 1.54) is 38.0 Å². The lowest BCUT2D eigenvalue weighted by Gasteiger charge is -2.44. The molecule has 1 aliphatic carbocycles. The number of piperazine rings is 1. The highest BCUT2D eigenvalue weighted by atomic mass is 15.3. The second-order valence-electron chi connectivity index (χ2n) is 7.04. The third-order valence-corrected chi connectivity index (χ3v) is 5.64. The van der Waals surface area contributed by atoms with Crippen LogP contribution in [0.3, 0.4) is 0 Å². The summed E-state index contributed by atoms with van der Waals surface area (Å²) in [4.78, 5) is 5.20. The van der Waals surface area contributed by atoms with E-state index in [0.29, 0.717) is 0 Å². The van der Waals surface area contributed by atoms with Crippen molar-refractivity contribution in [1.29, 1.82) is 0 Å². The number of anilines is 2. The van der Waals surface area contributed by atoms with Gasteiger partial charge in [-0.25, -0.2) is 0 Å². The van der Waals surface area contributed by atoms with Gasteiger partial charge in [0.05, 0.1) is 0 Å². The molecule has 2 N–H and O–H groups in total. The van der Waals surface area contributed by atoms with Gasteiger partial charge in [0.15, 0.2) is 0 Å². The molecule has 116 valence electrons. The third-order valence-electron chi connectivity index (χ3n) is 5.64. The van der Waals surface area contributed by atoms with Gasteiger partial charge in [0.25, 0.3) is 0 Å². The Kier molecular flexibility index (Phi) is 4.39. The molecule has 2 fully saturated rings. The fraction of sp³-hybridized carbons (Fsp3) is 0.667. The van der Waals surface area contributed by atoms with Crippen molar-refractivity contribution >= 4 is 11.4 Å². The Morgan fingerprint density at radius 1 is 1.00 bits per heavy atom. The highest BCUT2D eigenvalue weighted by Gasteiger charge is 2.30. The number of nitrogen functional groups attached to an aromatic ring is 1. The van der Waals surface area contributed by atoms with E-state index in [-0.39, 0.29) is 0 Å². The van der Waals surface area contributed by atoms with Gasteiger partial charge in [-0.3, -0.25) is 4.90 Å². The fourth-order valence-electron chi connectivity index (χ4n) is 3.92. The smallest absolute Gasteiger partial charge is 0.0387 e. The van der Waals surface area contributed by atoms with Crippen molar-refractivity contribution in [1.82, 2.24) is 4.90 Å². The van der Waals surface area contributed by atoms with Gasteiger partial charge in [-0.2, -0.15) is 0 Å². The summed E-state index contributed by atoms with van der Waals surface area (Å²) in [6.45, 7) is 9.49. The molecule has 0 spiro atoms. The van der Waals surface area contributed by atoms with Gasteiger partial charge >= 0.3 is 0 Å². The number of benzene rings is 1. The number of hydrogen-bond donors (Lipinski definition) is 1. The summed E-state index contributed by atoms with van der Waals surface area (Å²) >= 11 is 0. The summed E-state index contributed by atoms with van der Waals surface area (Å²) in [6.07, 6.45) is 4.19. The third kappa shape index (κ3) is 3.34. The minimum Gasteiger partial charge on any atom is -0.399 e. The Balaban J connectivity index is 1.55. The van der Waals surface area contributed by atoms with E-state index in [4.69, 9.17) is 5.73 Å². The molecule has 3 heteroatoms. The first-order valence-corrected chi connectivity index (χ1v) is 8.48. The number of rotatable bonds is 2. The Bertz CT molecular complexity index is 465. The average molecular weight is 287 g/mol. The van der Waals surface area contributed by atoms with Crippen molar-refractivity contribution in [2.75, 3.05) is 36.8 Å². The first kappa shape index (κ1) is 14.7. The molecule has 0 radical (unpaired) electrons. The van der Waals surface area contributed by atoms with Crippen LogP contribution in [-0.4, -0.2) is 37.1 Å². The SMILES string of the molecule is CC1CCC(N2CCN(c3cccc(N)c3)CC2)CC1C. The van der Waals surface area contributed by atoms with Crippen LogP contribution in [0, 0.1) is 11.8 Å². The molecule has 3 unspecified atom stereocenters. The first-order chi connectivity index (χ1) is 10.1. The lowest BCUT2D eigenvalue weighted by molar-refractivity contribution is 0.103. The average Bonchev–Trinajstić information content (AvgIpc) is 2.50. The monoisotopic (exact) mass is 287 g/mol. The number of hydrogen-bond acceptors (Lipinski definition) is 3. The molecule has 3 rings (SSSR count). The summed E-state index contributed by atoms with van der Waals surface area (Å²) in [6, 6.07) is 9.11. The maximum atomic E-state index is 5.90. The van der Waals surface area contributed by atoms with Crippen LogP contribution in [0.25, 0.3) is 0 Å². The van der Waals surface area contributed by atoms with Gasteiger partial charge in [-0.15, -0.1) is 0 Å². The molecule has 1 saturated heterocycles. The standard InChI is InChI=1S/C18H29N3/c1-14-6-7-18(12-15(14)2)21-10-8-20(9-11-21)17-5-3-4-16(19)13-17/h3-5,13-15,18H,6-12,19H2,1-2H3. The lowest BCUT2D eigenvalue weighted by atomic mass is 9.78. The van der Waals surface area contributed by atoms with Gasteiger partial charge in [0.2, 0.25) is 0 Å².